The van der Waals surface area contributed by atoms with E-state index in [0.29, 0.717) is 25.2 Å². The highest BCUT2D eigenvalue weighted by Gasteiger charge is 2.24. The number of hydrogen-bond donors (Lipinski definition) is 2. The summed E-state index contributed by atoms with van der Waals surface area (Å²) < 4.78 is 0. The van der Waals surface area contributed by atoms with Crippen LogP contribution in [0.15, 0.2) is 12.3 Å². The largest absolute Gasteiger partial charge is 0.355 e. The fourth-order valence-corrected chi connectivity index (χ4v) is 1.74. The number of halogens is 1. The Morgan fingerprint density at radius 3 is 3.06 bits per heavy atom. The van der Waals surface area contributed by atoms with E-state index in [2.05, 4.69) is 20.6 Å². The second-order valence-corrected chi connectivity index (χ2v) is 4.08. The minimum Gasteiger partial charge on any atom is -0.355 e. The molecule has 1 aliphatic heterocycles. The average Bonchev–Trinajstić information content (AvgIpc) is 2.29. The molecular weight excluding hydrogens is 244 g/mol. The Bertz CT molecular complexity index is 442. The van der Waals surface area contributed by atoms with Gasteiger partial charge in [-0.15, -0.1) is 0 Å². The predicted octanol–water partition coefficient (Wildman–Crippen LogP) is 0.595. The third-order valence-corrected chi connectivity index (χ3v) is 2.70. The molecule has 1 aliphatic rings. The summed E-state index contributed by atoms with van der Waals surface area (Å²) in [5.74, 6) is -0.0350. The zero-order valence-corrected chi connectivity index (χ0v) is 9.70. The molecule has 0 radical (unpaired) electrons. The normalized spacial score (nSPS) is 19.6. The highest BCUT2D eigenvalue weighted by atomic mass is 35.5. The quantitative estimate of drug-likeness (QED) is 0.757. The Morgan fingerprint density at radius 2 is 2.41 bits per heavy atom. The first kappa shape index (κ1) is 11.8. The van der Waals surface area contributed by atoms with Crippen LogP contribution in [0.25, 0.3) is 0 Å². The molecular formula is C10H11ClN4O2. The standard InChI is InChI=1S/C10H11ClN4O2/c11-10-12-4-3-7(15-10)14-9(17)6-1-2-8(16)13-5-6/h3-4,6H,1-2,5H2,(H,13,16)(H,12,14,15,17). The molecule has 2 amide bonds. The van der Waals surface area contributed by atoms with E-state index in [4.69, 9.17) is 11.6 Å². The predicted molar refractivity (Wildman–Crippen MR) is 61.4 cm³/mol. The number of nitrogens with one attached hydrogen (secondary N) is 2. The van der Waals surface area contributed by atoms with Gasteiger partial charge in [0.1, 0.15) is 5.82 Å². The highest BCUT2D eigenvalue weighted by Crippen LogP contribution is 2.14. The van der Waals surface area contributed by atoms with Crippen molar-refractivity contribution in [2.24, 2.45) is 5.92 Å². The van der Waals surface area contributed by atoms with Crippen molar-refractivity contribution in [1.29, 1.82) is 0 Å². The maximum atomic E-state index is 11.8. The number of rotatable bonds is 2. The Morgan fingerprint density at radius 1 is 1.59 bits per heavy atom. The van der Waals surface area contributed by atoms with Crippen LogP contribution >= 0.6 is 11.6 Å². The van der Waals surface area contributed by atoms with E-state index >= 15 is 0 Å². The lowest BCUT2D eigenvalue weighted by Gasteiger charge is -2.21. The summed E-state index contributed by atoms with van der Waals surface area (Å²) in [5, 5.41) is 5.38. The molecule has 1 aromatic rings. The second kappa shape index (κ2) is 5.09. The van der Waals surface area contributed by atoms with E-state index in [9.17, 15) is 9.59 Å². The number of hydrogen-bond acceptors (Lipinski definition) is 4. The summed E-state index contributed by atoms with van der Waals surface area (Å²) in [4.78, 5) is 30.3. The van der Waals surface area contributed by atoms with E-state index < -0.39 is 0 Å². The molecule has 7 heteroatoms. The van der Waals surface area contributed by atoms with Gasteiger partial charge in [-0.3, -0.25) is 9.59 Å². The van der Waals surface area contributed by atoms with E-state index in [1.165, 1.54) is 6.20 Å². The minimum absolute atomic E-state index is 0.0147. The molecule has 2 rings (SSSR count). The first-order valence-electron chi connectivity index (χ1n) is 5.21. The number of carbonyl (C=O) groups excluding carboxylic acids is 2. The van der Waals surface area contributed by atoms with Crippen LogP contribution in [0, 0.1) is 5.92 Å². The van der Waals surface area contributed by atoms with E-state index in [0.717, 1.165) is 0 Å². The van der Waals surface area contributed by atoms with E-state index in [1.54, 1.807) is 6.07 Å². The molecule has 0 aromatic carbocycles. The Hall–Kier alpha value is -1.69. The van der Waals surface area contributed by atoms with Crippen LogP contribution < -0.4 is 10.6 Å². The number of carbonyl (C=O) groups is 2. The Balaban J connectivity index is 1.95. The first-order chi connectivity index (χ1) is 8.15. The molecule has 2 heterocycles. The zero-order chi connectivity index (χ0) is 12.3. The lowest BCUT2D eigenvalue weighted by atomic mass is 9.98. The number of aromatic nitrogens is 2. The van der Waals surface area contributed by atoms with E-state index in [1.807, 2.05) is 0 Å². The van der Waals surface area contributed by atoms with Crippen LogP contribution in [0.2, 0.25) is 5.28 Å². The summed E-state index contributed by atoms with van der Waals surface area (Å²) in [7, 11) is 0. The number of piperidine rings is 1. The van der Waals surface area contributed by atoms with Crippen molar-refractivity contribution in [1.82, 2.24) is 15.3 Å². The molecule has 90 valence electrons. The van der Waals surface area contributed by atoms with Crippen LogP contribution in [0.4, 0.5) is 5.82 Å². The molecule has 1 aromatic heterocycles. The van der Waals surface area contributed by atoms with Gasteiger partial charge >= 0.3 is 0 Å². The van der Waals surface area contributed by atoms with Crippen LogP contribution in [0.5, 0.6) is 0 Å². The fraction of sp³-hybridized carbons (Fsp3) is 0.400. The van der Waals surface area contributed by atoms with Crippen LogP contribution in [0.3, 0.4) is 0 Å². The maximum Gasteiger partial charge on any atom is 0.230 e. The van der Waals surface area contributed by atoms with Crippen LogP contribution in [-0.2, 0) is 9.59 Å². The van der Waals surface area contributed by atoms with Gasteiger partial charge < -0.3 is 10.6 Å². The molecule has 1 unspecified atom stereocenters. The second-order valence-electron chi connectivity index (χ2n) is 3.74. The molecule has 1 saturated heterocycles. The van der Waals surface area contributed by atoms with Crippen molar-refractivity contribution in [3.05, 3.63) is 17.5 Å². The van der Waals surface area contributed by atoms with E-state index in [-0.39, 0.29) is 23.0 Å². The van der Waals surface area contributed by atoms with Crippen molar-refractivity contribution in [3.63, 3.8) is 0 Å². The van der Waals surface area contributed by atoms with Gasteiger partial charge in [-0.2, -0.15) is 0 Å². The zero-order valence-electron chi connectivity index (χ0n) is 8.94. The Labute approximate surface area is 103 Å². The SMILES string of the molecule is O=C1CCC(C(=O)Nc2ccnc(Cl)n2)CN1. The van der Waals surface area contributed by atoms with Crippen molar-refractivity contribution in [2.45, 2.75) is 12.8 Å². The lowest BCUT2D eigenvalue weighted by Crippen LogP contribution is -2.40. The van der Waals surface area contributed by atoms with Gasteiger partial charge in [-0.25, -0.2) is 9.97 Å². The molecule has 2 N–H and O–H groups in total. The smallest absolute Gasteiger partial charge is 0.230 e. The first-order valence-corrected chi connectivity index (χ1v) is 5.59. The fourth-order valence-electron chi connectivity index (χ4n) is 1.59. The molecule has 1 atom stereocenters. The highest BCUT2D eigenvalue weighted by molar-refractivity contribution is 6.28. The van der Waals surface area contributed by atoms with Crippen LogP contribution in [-0.4, -0.2) is 28.3 Å². The van der Waals surface area contributed by atoms with Gasteiger partial charge in [0.2, 0.25) is 17.1 Å². The van der Waals surface area contributed by atoms with Gasteiger partial charge in [-0.05, 0) is 24.1 Å². The molecule has 0 bridgehead atoms. The summed E-state index contributed by atoms with van der Waals surface area (Å²) in [6, 6.07) is 1.56. The minimum atomic E-state index is -0.221. The molecule has 6 nitrogen and oxygen atoms in total. The molecule has 17 heavy (non-hydrogen) atoms. The summed E-state index contributed by atoms with van der Waals surface area (Å²) in [5.41, 5.74) is 0. The lowest BCUT2D eigenvalue weighted by molar-refractivity contribution is -0.126. The maximum absolute atomic E-state index is 11.8. The average molecular weight is 255 g/mol. The number of anilines is 1. The molecule has 0 spiro atoms. The van der Waals surface area contributed by atoms with Gasteiger partial charge in [-0.1, -0.05) is 0 Å². The van der Waals surface area contributed by atoms with Crippen molar-refractivity contribution in [2.75, 3.05) is 11.9 Å². The third kappa shape index (κ3) is 3.13. The van der Waals surface area contributed by atoms with Gasteiger partial charge in [0.25, 0.3) is 0 Å². The van der Waals surface area contributed by atoms with Crippen molar-refractivity contribution >= 4 is 29.2 Å². The van der Waals surface area contributed by atoms with Crippen LogP contribution in [0.1, 0.15) is 12.8 Å². The number of amides is 2. The van der Waals surface area contributed by atoms with Gasteiger partial charge in [0.15, 0.2) is 0 Å². The monoisotopic (exact) mass is 254 g/mol. The summed E-state index contributed by atoms with van der Waals surface area (Å²) in [6.45, 7) is 0.365. The molecule has 0 saturated carbocycles. The third-order valence-electron chi connectivity index (χ3n) is 2.51. The Kier molecular flexibility index (Phi) is 3.53. The van der Waals surface area contributed by atoms with Crippen molar-refractivity contribution in [3.8, 4) is 0 Å². The summed E-state index contributed by atoms with van der Waals surface area (Å²) >= 11 is 5.60. The molecule has 1 fully saturated rings. The topological polar surface area (TPSA) is 84.0 Å². The number of nitrogens with zero attached hydrogens (tertiary/aromatic N) is 2. The van der Waals surface area contributed by atoms with Gasteiger partial charge in [0.05, 0.1) is 5.92 Å². The van der Waals surface area contributed by atoms with Crippen molar-refractivity contribution < 1.29 is 9.59 Å². The summed E-state index contributed by atoms with van der Waals surface area (Å²) in [6.07, 6.45) is 2.40. The molecule has 0 aliphatic carbocycles. The van der Waals surface area contributed by atoms with Gasteiger partial charge in [0, 0.05) is 19.2 Å².